The summed E-state index contributed by atoms with van der Waals surface area (Å²) in [6, 6.07) is 0.0536. The maximum atomic E-state index is 11.2. The van der Waals surface area contributed by atoms with Gasteiger partial charge in [-0.1, -0.05) is 0 Å². The number of amides is 1. The number of rotatable bonds is 4. The van der Waals surface area contributed by atoms with Crippen LogP contribution in [0, 0.1) is 6.92 Å². The third-order valence-corrected chi connectivity index (χ3v) is 3.18. The molecule has 1 aliphatic rings. The van der Waals surface area contributed by atoms with Crippen LogP contribution < -0.4 is 11.1 Å². The maximum Gasteiger partial charge on any atom is 0.241 e. The second-order valence-corrected chi connectivity index (χ2v) is 4.49. The van der Waals surface area contributed by atoms with Gasteiger partial charge in [0.05, 0.1) is 0 Å². The zero-order valence-corrected chi connectivity index (χ0v) is 8.80. The first-order valence-electron chi connectivity index (χ1n) is 4.64. The Labute approximate surface area is 86.5 Å². The molecule has 1 unspecified atom stereocenters. The molecule has 0 radical (unpaired) electrons. The van der Waals surface area contributed by atoms with E-state index in [1.807, 2.05) is 12.3 Å². The molecule has 1 aromatic rings. The zero-order chi connectivity index (χ0) is 10.1. The van der Waals surface area contributed by atoms with E-state index in [0.717, 1.165) is 23.5 Å². The largest absolute Gasteiger partial charge is 0.368 e. The number of thiazole rings is 1. The number of carbonyl (C=O) groups is 1. The first-order valence-corrected chi connectivity index (χ1v) is 5.52. The van der Waals surface area contributed by atoms with Gasteiger partial charge in [-0.3, -0.25) is 10.1 Å². The van der Waals surface area contributed by atoms with Crippen LogP contribution in [0.25, 0.3) is 0 Å². The van der Waals surface area contributed by atoms with E-state index in [4.69, 9.17) is 5.73 Å². The molecule has 4 nitrogen and oxygen atoms in total. The molecule has 1 atom stereocenters. The van der Waals surface area contributed by atoms with Crippen LogP contribution in [-0.4, -0.2) is 16.9 Å². The van der Waals surface area contributed by atoms with Gasteiger partial charge in [-0.25, -0.2) is 4.98 Å². The normalized spacial score (nSPS) is 18.1. The molecule has 2 rings (SSSR count). The average Bonchev–Trinajstić information content (AvgIpc) is 2.84. The van der Waals surface area contributed by atoms with E-state index in [2.05, 4.69) is 10.3 Å². The standard InChI is InChI=1S/C9H13N3OS/c1-5-4-14-9(11-5)7(8(10)13)12-6-2-3-6/h4,6-7,12H,2-3H2,1H3,(H2,10,13). The zero-order valence-electron chi connectivity index (χ0n) is 7.99. The molecular formula is C9H13N3OS. The molecule has 0 bridgehead atoms. The molecule has 1 heterocycles. The Hall–Kier alpha value is -0.940. The Morgan fingerprint density at radius 1 is 1.79 bits per heavy atom. The van der Waals surface area contributed by atoms with Crippen LogP contribution in [0.15, 0.2) is 5.38 Å². The number of aromatic nitrogens is 1. The third-order valence-electron chi connectivity index (χ3n) is 2.15. The molecule has 14 heavy (non-hydrogen) atoms. The van der Waals surface area contributed by atoms with Gasteiger partial charge < -0.3 is 5.73 Å². The summed E-state index contributed by atoms with van der Waals surface area (Å²) in [5.74, 6) is -0.341. The Morgan fingerprint density at radius 2 is 2.50 bits per heavy atom. The maximum absolute atomic E-state index is 11.2. The molecular weight excluding hydrogens is 198 g/mol. The Morgan fingerprint density at radius 3 is 2.93 bits per heavy atom. The highest BCUT2D eigenvalue weighted by Crippen LogP contribution is 2.25. The lowest BCUT2D eigenvalue weighted by molar-refractivity contribution is -0.120. The highest BCUT2D eigenvalue weighted by Gasteiger charge is 2.29. The smallest absolute Gasteiger partial charge is 0.241 e. The molecule has 1 amide bonds. The highest BCUT2D eigenvalue weighted by molar-refractivity contribution is 7.09. The van der Waals surface area contributed by atoms with Crippen molar-refractivity contribution in [2.45, 2.75) is 31.8 Å². The number of carbonyl (C=O) groups excluding carboxylic acids is 1. The van der Waals surface area contributed by atoms with Crippen LogP contribution in [0.2, 0.25) is 0 Å². The molecule has 1 fully saturated rings. The van der Waals surface area contributed by atoms with Gasteiger partial charge in [0, 0.05) is 17.1 Å². The lowest BCUT2D eigenvalue weighted by atomic mass is 10.3. The summed E-state index contributed by atoms with van der Waals surface area (Å²) in [6.07, 6.45) is 2.27. The van der Waals surface area contributed by atoms with E-state index in [0.29, 0.717) is 6.04 Å². The fourth-order valence-electron chi connectivity index (χ4n) is 1.27. The van der Waals surface area contributed by atoms with Crippen molar-refractivity contribution >= 4 is 17.2 Å². The minimum atomic E-state index is -0.402. The predicted octanol–water partition coefficient (Wildman–Crippen LogP) is 0.730. The summed E-state index contributed by atoms with van der Waals surface area (Å²) in [5.41, 5.74) is 6.26. The summed E-state index contributed by atoms with van der Waals surface area (Å²) in [5, 5.41) is 5.90. The fourth-order valence-corrected chi connectivity index (χ4v) is 2.13. The van der Waals surface area contributed by atoms with Crippen LogP contribution in [0.1, 0.15) is 29.6 Å². The van der Waals surface area contributed by atoms with Crippen molar-refractivity contribution < 1.29 is 4.79 Å². The van der Waals surface area contributed by atoms with Gasteiger partial charge in [-0.2, -0.15) is 0 Å². The van der Waals surface area contributed by atoms with Gasteiger partial charge in [0.1, 0.15) is 11.0 Å². The Bertz CT molecular complexity index is 346. The van der Waals surface area contributed by atoms with Crippen LogP contribution in [0.4, 0.5) is 0 Å². The molecule has 3 N–H and O–H groups in total. The monoisotopic (exact) mass is 211 g/mol. The molecule has 0 saturated heterocycles. The minimum Gasteiger partial charge on any atom is -0.368 e. The van der Waals surface area contributed by atoms with Crippen molar-refractivity contribution in [1.82, 2.24) is 10.3 Å². The molecule has 5 heteroatoms. The first-order chi connectivity index (χ1) is 6.66. The van der Waals surface area contributed by atoms with Gasteiger partial charge in [-0.15, -0.1) is 11.3 Å². The molecule has 1 aliphatic carbocycles. The summed E-state index contributed by atoms with van der Waals surface area (Å²) in [4.78, 5) is 15.5. The van der Waals surface area contributed by atoms with Crippen LogP contribution in [0.3, 0.4) is 0 Å². The van der Waals surface area contributed by atoms with E-state index >= 15 is 0 Å². The highest BCUT2D eigenvalue weighted by atomic mass is 32.1. The number of nitrogens with zero attached hydrogens (tertiary/aromatic N) is 1. The number of primary amides is 1. The summed E-state index contributed by atoms with van der Waals surface area (Å²) in [6.45, 7) is 1.91. The van der Waals surface area contributed by atoms with E-state index in [-0.39, 0.29) is 5.91 Å². The van der Waals surface area contributed by atoms with Gasteiger partial charge >= 0.3 is 0 Å². The lowest BCUT2D eigenvalue weighted by Crippen LogP contribution is -2.34. The van der Waals surface area contributed by atoms with Crippen LogP contribution in [-0.2, 0) is 4.79 Å². The second kappa shape index (κ2) is 3.67. The van der Waals surface area contributed by atoms with E-state index < -0.39 is 6.04 Å². The molecule has 0 aromatic carbocycles. The molecule has 0 aliphatic heterocycles. The number of nitrogens with one attached hydrogen (secondary N) is 1. The number of hydrogen-bond acceptors (Lipinski definition) is 4. The third kappa shape index (κ3) is 2.10. The van der Waals surface area contributed by atoms with Gasteiger partial charge in [0.2, 0.25) is 5.91 Å². The average molecular weight is 211 g/mol. The van der Waals surface area contributed by atoms with Crippen molar-refractivity contribution in [3.05, 3.63) is 16.1 Å². The Kier molecular flexibility index (Phi) is 2.52. The van der Waals surface area contributed by atoms with E-state index in [9.17, 15) is 4.79 Å². The van der Waals surface area contributed by atoms with Crippen molar-refractivity contribution in [2.75, 3.05) is 0 Å². The van der Waals surface area contributed by atoms with Crippen molar-refractivity contribution in [3.8, 4) is 0 Å². The van der Waals surface area contributed by atoms with Crippen molar-refractivity contribution in [1.29, 1.82) is 0 Å². The van der Waals surface area contributed by atoms with E-state index in [1.54, 1.807) is 0 Å². The minimum absolute atomic E-state index is 0.341. The predicted molar refractivity (Wildman–Crippen MR) is 54.9 cm³/mol. The SMILES string of the molecule is Cc1csc(C(NC2CC2)C(N)=O)n1. The van der Waals surface area contributed by atoms with E-state index in [1.165, 1.54) is 11.3 Å². The second-order valence-electron chi connectivity index (χ2n) is 3.60. The first kappa shape index (κ1) is 9.61. The quantitative estimate of drug-likeness (QED) is 0.771. The number of aryl methyl sites for hydroxylation is 1. The van der Waals surface area contributed by atoms with Gasteiger partial charge in [0.25, 0.3) is 0 Å². The lowest BCUT2D eigenvalue weighted by Gasteiger charge is -2.11. The summed E-state index contributed by atoms with van der Waals surface area (Å²) in [7, 11) is 0. The van der Waals surface area contributed by atoms with Crippen LogP contribution >= 0.6 is 11.3 Å². The van der Waals surface area contributed by atoms with Gasteiger partial charge in [-0.05, 0) is 19.8 Å². The summed E-state index contributed by atoms with van der Waals surface area (Å²) < 4.78 is 0. The number of nitrogens with two attached hydrogens (primary N) is 1. The van der Waals surface area contributed by atoms with Crippen LogP contribution in [0.5, 0.6) is 0 Å². The van der Waals surface area contributed by atoms with Gasteiger partial charge in [0.15, 0.2) is 0 Å². The summed E-state index contributed by atoms with van der Waals surface area (Å²) >= 11 is 1.48. The molecule has 1 saturated carbocycles. The van der Waals surface area contributed by atoms with Crippen molar-refractivity contribution in [2.24, 2.45) is 5.73 Å². The fraction of sp³-hybridized carbons (Fsp3) is 0.556. The number of hydrogen-bond donors (Lipinski definition) is 2. The Balaban J connectivity index is 2.12. The topological polar surface area (TPSA) is 68.0 Å². The molecule has 76 valence electrons. The van der Waals surface area contributed by atoms with Crippen molar-refractivity contribution in [3.63, 3.8) is 0 Å². The molecule has 1 aromatic heterocycles. The molecule has 0 spiro atoms.